The number of methoxy groups -OCH3 is 2. The lowest BCUT2D eigenvalue weighted by Crippen LogP contribution is -2.42. The van der Waals surface area contributed by atoms with E-state index in [-0.39, 0.29) is 53.6 Å². The fourth-order valence-corrected chi connectivity index (χ4v) is 5.80. The second-order valence-electron chi connectivity index (χ2n) is 12.3. The molecule has 10 nitrogen and oxygen atoms in total. The van der Waals surface area contributed by atoms with E-state index in [2.05, 4.69) is 4.99 Å². The van der Waals surface area contributed by atoms with Crippen LogP contribution in [0, 0.1) is 22.7 Å². The first-order valence-corrected chi connectivity index (χ1v) is 14.3. The lowest BCUT2D eigenvalue weighted by Gasteiger charge is -2.36. The number of hydrogen-bond acceptors (Lipinski definition) is 10. The van der Waals surface area contributed by atoms with Crippen molar-refractivity contribution in [1.82, 2.24) is 0 Å². The second-order valence-corrected chi connectivity index (χ2v) is 12.3. The Labute approximate surface area is 243 Å². The van der Waals surface area contributed by atoms with E-state index in [4.69, 9.17) is 14.5 Å². The number of aliphatic hydroxyl groups is 2. The van der Waals surface area contributed by atoms with Gasteiger partial charge in [-0.1, -0.05) is 54.4 Å². The van der Waals surface area contributed by atoms with Gasteiger partial charge in [0.05, 0.1) is 38.0 Å². The van der Waals surface area contributed by atoms with Crippen LogP contribution < -0.4 is 0 Å². The first-order valence-electron chi connectivity index (χ1n) is 14.3. The van der Waals surface area contributed by atoms with Gasteiger partial charge in [0.2, 0.25) is 0 Å². The molecule has 0 aromatic carbocycles. The quantitative estimate of drug-likeness (QED) is 0.257. The number of Topliss-reactive ketones (excluding diaryl/α,β-unsaturated/α-hetero) is 2. The highest BCUT2D eigenvalue weighted by atomic mass is 16.5. The highest BCUT2D eigenvalue weighted by Crippen LogP contribution is 2.44. The molecule has 0 amide bonds. The summed E-state index contributed by atoms with van der Waals surface area (Å²) in [5, 5.41) is 22.3. The Morgan fingerprint density at radius 1 is 0.829 bits per heavy atom. The summed E-state index contributed by atoms with van der Waals surface area (Å²) in [6.07, 6.45) is 2.19. The number of ether oxygens (including phenoxy) is 2. The van der Waals surface area contributed by atoms with Gasteiger partial charge in [0.1, 0.15) is 23.4 Å². The third-order valence-electron chi connectivity index (χ3n) is 7.76. The molecular formula is C31H46N2O8. The molecule has 0 aromatic heterocycles. The minimum atomic E-state index is -0.994. The molecule has 0 aliphatic heterocycles. The van der Waals surface area contributed by atoms with Gasteiger partial charge in [0.15, 0.2) is 11.6 Å². The van der Waals surface area contributed by atoms with E-state index in [9.17, 15) is 29.4 Å². The topological polar surface area (TPSA) is 152 Å². The molecule has 0 spiro atoms. The Balaban J connectivity index is 2.54. The molecule has 41 heavy (non-hydrogen) atoms. The SMILES string of the molecule is CCCC(=NC[C@@H](C)N=C(CCC)C1=C(O)[C@H](C(=O)OC)C(C)(C)CC1=O)C1=C(O)[C@H](C(=O)OC)C(C)(C)CC1=O. The Morgan fingerprint density at radius 2 is 1.22 bits per heavy atom. The average molecular weight is 575 g/mol. The van der Waals surface area contributed by atoms with Gasteiger partial charge < -0.3 is 19.7 Å². The number of carbonyl (C=O) groups excluding carboxylic acids is 4. The monoisotopic (exact) mass is 574 g/mol. The highest BCUT2D eigenvalue weighted by molar-refractivity contribution is 6.24. The third kappa shape index (κ3) is 7.32. The van der Waals surface area contributed by atoms with Crippen molar-refractivity contribution >= 4 is 34.9 Å². The van der Waals surface area contributed by atoms with E-state index in [1.807, 2.05) is 13.8 Å². The minimum Gasteiger partial charge on any atom is -0.511 e. The van der Waals surface area contributed by atoms with Crippen molar-refractivity contribution in [3.8, 4) is 0 Å². The maximum absolute atomic E-state index is 13.2. The number of carbonyl (C=O) groups is 4. The van der Waals surface area contributed by atoms with E-state index in [1.165, 1.54) is 14.2 Å². The third-order valence-corrected chi connectivity index (χ3v) is 7.76. The van der Waals surface area contributed by atoms with Crippen LogP contribution in [-0.4, -0.2) is 71.9 Å². The van der Waals surface area contributed by atoms with Crippen LogP contribution in [0.3, 0.4) is 0 Å². The van der Waals surface area contributed by atoms with Crippen LogP contribution in [0.4, 0.5) is 0 Å². The van der Waals surface area contributed by atoms with Crippen LogP contribution in [0.15, 0.2) is 32.6 Å². The van der Waals surface area contributed by atoms with Crippen molar-refractivity contribution in [3.63, 3.8) is 0 Å². The lowest BCUT2D eigenvalue weighted by molar-refractivity contribution is -0.151. The van der Waals surface area contributed by atoms with Crippen LogP contribution in [0.25, 0.3) is 0 Å². The van der Waals surface area contributed by atoms with Crippen molar-refractivity contribution in [1.29, 1.82) is 0 Å². The van der Waals surface area contributed by atoms with E-state index in [0.29, 0.717) is 37.1 Å². The number of aliphatic hydroxyl groups excluding tert-OH is 2. The number of nitrogens with zero attached hydrogens (tertiary/aromatic N) is 2. The molecule has 228 valence electrons. The summed E-state index contributed by atoms with van der Waals surface area (Å²) in [5.74, 6) is -4.45. The number of hydrogen-bond donors (Lipinski definition) is 2. The van der Waals surface area contributed by atoms with Gasteiger partial charge >= 0.3 is 11.9 Å². The molecule has 10 heteroatoms. The standard InChI is InChI=1S/C31H46N2O8/c1-10-12-18(22-20(34)14-30(4,5)24(26(22)36)28(38)40-8)32-16-17(3)33-19(13-11-2)23-21(35)15-31(6,7)25(27(23)37)29(39)41-9/h17,24-25,36-37H,10-16H2,1-9H3/t17-,24-,25-/m1/s1. The van der Waals surface area contributed by atoms with E-state index < -0.39 is 40.6 Å². The maximum atomic E-state index is 13.2. The summed E-state index contributed by atoms with van der Waals surface area (Å²) >= 11 is 0. The van der Waals surface area contributed by atoms with Gasteiger partial charge in [0, 0.05) is 24.3 Å². The Hall–Kier alpha value is -3.30. The molecule has 2 rings (SSSR count). The fourth-order valence-electron chi connectivity index (χ4n) is 5.80. The molecule has 0 heterocycles. The summed E-state index contributed by atoms with van der Waals surface area (Å²) in [5.41, 5.74) is -0.751. The molecule has 0 bridgehead atoms. The van der Waals surface area contributed by atoms with Crippen LogP contribution in [-0.2, 0) is 28.7 Å². The first-order chi connectivity index (χ1) is 19.1. The summed E-state index contributed by atoms with van der Waals surface area (Å²) in [6.45, 7) is 12.7. The molecule has 2 N–H and O–H groups in total. The molecule has 0 saturated heterocycles. The number of esters is 2. The second kappa shape index (κ2) is 13.6. The van der Waals surface area contributed by atoms with Gasteiger partial charge in [-0.25, -0.2) is 0 Å². The Morgan fingerprint density at radius 3 is 1.61 bits per heavy atom. The van der Waals surface area contributed by atoms with Gasteiger partial charge in [-0.3, -0.25) is 29.2 Å². The zero-order valence-electron chi connectivity index (χ0n) is 25.9. The summed E-state index contributed by atoms with van der Waals surface area (Å²) in [4.78, 5) is 60.8. The van der Waals surface area contributed by atoms with Crippen LogP contribution in [0.5, 0.6) is 0 Å². The number of ketones is 2. The summed E-state index contributed by atoms with van der Waals surface area (Å²) in [7, 11) is 2.49. The smallest absolute Gasteiger partial charge is 0.316 e. The molecular weight excluding hydrogens is 528 g/mol. The van der Waals surface area contributed by atoms with Crippen LogP contribution in [0.2, 0.25) is 0 Å². The molecule has 2 aliphatic rings. The lowest BCUT2D eigenvalue weighted by atomic mass is 9.67. The van der Waals surface area contributed by atoms with Gasteiger partial charge in [-0.15, -0.1) is 0 Å². The minimum absolute atomic E-state index is 0.0509. The van der Waals surface area contributed by atoms with E-state index in [1.54, 1.807) is 34.6 Å². The predicted molar refractivity (Wildman–Crippen MR) is 156 cm³/mol. The normalized spacial score (nSPS) is 23.9. The predicted octanol–water partition coefficient (Wildman–Crippen LogP) is 5.06. The molecule has 0 fully saturated rings. The van der Waals surface area contributed by atoms with Crippen molar-refractivity contribution < 1.29 is 38.9 Å². The average Bonchev–Trinajstić information content (AvgIpc) is 2.85. The van der Waals surface area contributed by atoms with E-state index in [0.717, 1.165) is 0 Å². The number of aliphatic imine (C=N–C) groups is 2. The van der Waals surface area contributed by atoms with Crippen LogP contribution >= 0.6 is 0 Å². The van der Waals surface area contributed by atoms with Crippen LogP contribution in [0.1, 0.15) is 87.0 Å². The fraction of sp³-hybridized carbons (Fsp3) is 0.677. The molecule has 0 saturated carbocycles. The molecule has 2 aliphatic carbocycles. The van der Waals surface area contributed by atoms with Crippen molar-refractivity contribution in [2.24, 2.45) is 32.7 Å². The van der Waals surface area contributed by atoms with Gasteiger partial charge in [-0.05, 0) is 30.6 Å². The largest absolute Gasteiger partial charge is 0.511 e. The highest BCUT2D eigenvalue weighted by Gasteiger charge is 2.49. The zero-order chi connectivity index (χ0) is 31.3. The van der Waals surface area contributed by atoms with Gasteiger partial charge in [-0.2, -0.15) is 0 Å². The number of allylic oxidation sites excluding steroid dienone is 2. The maximum Gasteiger partial charge on any atom is 0.316 e. The summed E-state index contributed by atoms with van der Waals surface area (Å²) < 4.78 is 9.84. The Kier molecular flexibility index (Phi) is 11.2. The number of rotatable bonds is 11. The van der Waals surface area contributed by atoms with Crippen molar-refractivity contribution in [2.75, 3.05) is 20.8 Å². The first kappa shape index (κ1) is 33.9. The zero-order valence-corrected chi connectivity index (χ0v) is 25.9. The molecule has 0 aromatic rings. The molecule has 0 unspecified atom stereocenters. The summed E-state index contributed by atoms with van der Waals surface area (Å²) in [6, 6.07) is -0.461. The van der Waals surface area contributed by atoms with Gasteiger partial charge in [0.25, 0.3) is 0 Å². The van der Waals surface area contributed by atoms with E-state index >= 15 is 0 Å². The van der Waals surface area contributed by atoms with Crippen molar-refractivity contribution in [2.45, 2.75) is 93.0 Å². The molecule has 0 radical (unpaired) electrons. The Bertz CT molecular complexity index is 1190. The molecule has 3 atom stereocenters. The van der Waals surface area contributed by atoms with Crippen molar-refractivity contribution in [3.05, 3.63) is 22.7 Å².